The van der Waals surface area contributed by atoms with Crippen molar-refractivity contribution in [2.24, 2.45) is 11.8 Å². The van der Waals surface area contributed by atoms with E-state index in [0.717, 1.165) is 4.31 Å². The number of hydrogen-bond donors (Lipinski definition) is 1. The molecule has 6 nitrogen and oxygen atoms in total. The van der Waals surface area contributed by atoms with E-state index < -0.39 is 45.7 Å². The maximum Gasteiger partial charge on any atom is 0.239 e. The Morgan fingerprint density at radius 3 is 2.25 bits per heavy atom. The van der Waals surface area contributed by atoms with Gasteiger partial charge in [-0.1, -0.05) is 79.0 Å². The summed E-state index contributed by atoms with van der Waals surface area (Å²) in [6, 6.07) is 14.6. The second-order valence-corrected chi connectivity index (χ2v) is 13.0. The van der Waals surface area contributed by atoms with Crippen LogP contribution in [0, 0.1) is 17.7 Å². The molecule has 0 aliphatic carbocycles. The van der Waals surface area contributed by atoms with Crippen LogP contribution in [0.3, 0.4) is 0 Å². The number of ketones is 1. The summed E-state index contributed by atoms with van der Waals surface area (Å²) in [6.07, 6.45) is 0.300. The van der Waals surface area contributed by atoms with Crippen LogP contribution in [0.15, 0.2) is 66.7 Å². The monoisotopic (exact) mass is 624 g/mol. The topological polar surface area (TPSA) is 83.6 Å². The molecule has 4 unspecified atom stereocenters. The molecule has 0 radical (unpaired) electrons. The molecule has 40 heavy (non-hydrogen) atoms. The molecule has 1 N–H and O–H groups in total. The summed E-state index contributed by atoms with van der Waals surface area (Å²) in [7, 11) is -4.04. The summed E-state index contributed by atoms with van der Waals surface area (Å²) >= 11 is 18.9. The highest BCUT2D eigenvalue weighted by Crippen LogP contribution is 2.49. The van der Waals surface area contributed by atoms with E-state index in [-0.39, 0.29) is 38.7 Å². The zero-order valence-corrected chi connectivity index (χ0v) is 24.9. The number of hydrogen-bond acceptors (Lipinski definition) is 4. The lowest BCUT2D eigenvalue weighted by atomic mass is 9.80. The van der Waals surface area contributed by atoms with E-state index in [9.17, 15) is 22.4 Å². The van der Waals surface area contributed by atoms with E-state index in [0.29, 0.717) is 17.5 Å². The van der Waals surface area contributed by atoms with Gasteiger partial charge in [-0.15, -0.1) is 0 Å². The normalized spacial score (nSPS) is 21.4. The molecule has 4 rings (SSSR count). The molecule has 1 heterocycles. The van der Waals surface area contributed by atoms with Crippen molar-refractivity contribution in [1.82, 2.24) is 9.62 Å². The highest BCUT2D eigenvalue weighted by atomic mass is 35.5. The quantitative estimate of drug-likeness (QED) is 0.268. The predicted octanol–water partition coefficient (Wildman–Crippen LogP) is 6.70. The molecule has 11 heteroatoms. The molecule has 0 bridgehead atoms. The Morgan fingerprint density at radius 1 is 0.950 bits per heavy atom. The van der Waals surface area contributed by atoms with E-state index in [1.54, 1.807) is 44.2 Å². The van der Waals surface area contributed by atoms with Crippen molar-refractivity contribution < 1.29 is 22.4 Å². The molecule has 1 saturated heterocycles. The summed E-state index contributed by atoms with van der Waals surface area (Å²) in [4.78, 5) is 27.8. The minimum atomic E-state index is -4.04. The summed E-state index contributed by atoms with van der Waals surface area (Å²) in [5.74, 6) is -3.32. The van der Waals surface area contributed by atoms with Crippen LogP contribution < -0.4 is 5.32 Å². The van der Waals surface area contributed by atoms with Crippen LogP contribution in [0.2, 0.25) is 15.1 Å². The summed E-state index contributed by atoms with van der Waals surface area (Å²) < 4.78 is 42.2. The SMILES string of the molecule is CCCS(=O)(=O)N1C(C(=O)NCc2ccc(F)cc2)C(C)C(C(=O)c2ccccc2Cl)C1c1ccc(Cl)c(Cl)c1. The van der Waals surface area contributed by atoms with Crippen LogP contribution in [0.25, 0.3) is 0 Å². The fraction of sp³-hybridized carbons (Fsp3) is 0.310. The second kappa shape index (κ2) is 12.6. The molecule has 0 aromatic heterocycles. The van der Waals surface area contributed by atoms with Gasteiger partial charge in [0.1, 0.15) is 11.9 Å². The molecule has 0 spiro atoms. The van der Waals surface area contributed by atoms with Crippen molar-refractivity contribution in [1.29, 1.82) is 0 Å². The zero-order valence-electron chi connectivity index (χ0n) is 21.8. The van der Waals surface area contributed by atoms with Gasteiger partial charge >= 0.3 is 0 Å². The van der Waals surface area contributed by atoms with E-state index in [2.05, 4.69) is 5.32 Å². The van der Waals surface area contributed by atoms with Crippen molar-refractivity contribution in [2.45, 2.75) is 38.9 Å². The van der Waals surface area contributed by atoms with Gasteiger partial charge in [-0.05, 0) is 59.9 Å². The Balaban J connectivity index is 1.84. The largest absolute Gasteiger partial charge is 0.351 e. The Hall–Kier alpha value is -2.49. The van der Waals surface area contributed by atoms with Crippen LogP contribution in [0.5, 0.6) is 0 Å². The number of nitrogens with one attached hydrogen (secondary N) is 1. The van der Waals surface area contributed by atoms with Crippen LogP contribution in [0.1, 0.15) is 47.8 Å². The number of Topliss-reactive ketones (excluding diaryl/α,β-unsaturated/α-hetero) is 1. The number of carbonyl (C=O) groups is 2. The standard InChI is InChI=1S/C29H28Cl3FN2O4S/c1-3-14-40(38,39)35-26(29(37)34-16-18-8-11-20(33)12-9-18)17(2)25(28(36)21-6-4-5-7-22(21)30)27(35)19-10-13-23(31)24(32)15-19/h4-13,15,17,25-27H,3,14,16H2,1-2H3,(H,34,37). The zero-order chi connectivity index (χ0) is 29.2. The summed E-state index contributed by atoms with van der Waals surface area (Å²) in [5, 5.41) is 3.46. The van der Waals surface area contributed by atoms with Crippen LogP contribution in [-0.4, -0.2) is 36.2 Å². The van der Waals surface area contributed by atoms with Gasteiger partial charge in [0.2, 0.25) is 15.9 Å². The highest BCUT2D eigenvalue weighted by molar-refractivity contribution is 7.89. The fourth-order valence-electron chi connectivity index (χ4n) is 5.28. The van der Waals surface area contributed by atoms with Crippen molar-refractivity contribution in [3.05, 3.63) is 104 Å². The maximum absolute atomic E-state index is 14.1. The van der Waals surface area contributed by atoms with Gasteiger partial charge in [-0.2, -0.15) is 4.31 Å². The molecule has 212 valence electrons. The van der Waals surface area contributed by atoms with Gasteiger partial charge in [0.15, 0.2) is 5.78 Å². The van der Waals surface area contributed by atoms with Gasteiger partial charge in [0, 0.05) is 18.0 Å². The first-order chi connectivity index (χ1) is 19.0. The maximum atomic E-state index is 14.1. The Bertz CT molecular complexity index is 1520. The van der Waals surface area contributed by atoms with E-state index >= 15 is 0 Å². The van der Waals surface area contributed by atoms with Crippen LogP contribution in [-0.2, 0) is 21.4 Å². The average molecular weight is 626 g/mol. The molecule has 1 fully saturated rings. The molecule has 1 aliphatic heterocycles. The predicted molar refractivity (Wildman–Crippen MR) is 156 cm³/mol. The van der Waals surface area contributed by atoms with Gasteiger partial charge < -0.3 is 5.32 Å². The number of halogens is 4. The third-order valence-corrected chi connectivity index (χ3v) is 10.2. The number of carbonyl (C=O) groups excluding carboxylic acids is 2. The van der Waals surface area contributed by atoms with Gasteiger partial charge in [-0.25, -0.2) is 12.8 Å². The lowest BCUT2D eigenvalue weighted by Crippen LogP contribution is -2.49. The van der Waals surface area contributed by atoms with Crippen LogP contribution in [0.4, 0.5) is 4.39 Å². The Kier molecular flexibility index (Phi) is 9.58. The first-order valence-corrected chi connectivity index (χ1v) is 15.5. The molecule has 1 amide bonds. The lowest BCUT2D eigenvalue weighted by Gasteiger charge is -2.30. The lowest BCUT2D eigenvalue weighted by molar-refractivity contribution is -0.125. The number of sulfonamides is 1. The van der Waals surface area contributed by atoms with Crippen molar-refractivity contribution in [3.8, 4) is 0 Å². The number of nitrogens with zero attached hydrogens (tertiary/aromatic N) is 1. The van der Waals surface area contributed by atoms with E-state index in [1.165, 1.54) is 36.4 Å². The smallest absolute Gasteiger partial charge is 0.239 e. The molecule has 3 aromatic rings. The summed E-state index contributed by atoms with van der Waals surface area (Å²) in [5.41, 5.74) is 1.29. The molecule has 1 aliphatic rings. The van der Waals surface area contributed by atoms with Crippen molar-refractivity contribution >= 4 is 56.5 Å². The first kappa shape index (κ1) is 30.5. The molecular weight excluding hydrogens is 598 g/mol. The van der Waals surface area contributed by atoms with Gasteiger partial charge in [0.05, 0.1) is 26.9 Å². The number of amides is 1. The third kappa shape index (κ3) is 6.21. The van der Waals surface area contributed by atoms with E-state index in [1.807, 2.05) is 0 Å². The molecule has 0 saturated carbocycles. The average Bonchev–Trinajstić information content (AvgIpc) is 3.23. The first-order valence-electron chi connectivity index (χ1n) is 12.7. The molecule has 4 atom stereocenters. The minimum absolute atomic E-state index is 0.0462. The van der Waals surface area contributed by atoms with Crippen molar-refractivity contribution in [3.63, 3.8) is 0 Å². The van der Waals surface area contributed by atoms with E-state index in [4.69, 9.17) is 34.8 Å². The summed E-state index contributed by atoms with van der Waals surface area (Å²) in [6.45, 7) is 3.46. The highest BCUT2D eigenvalue weighted by Gasteiger charge is 2.57. The Morgan fingerprint density at radius 2 is 1.62 bits per heavy atom. The molecule has 3 aromatic carbocycles. The number of benzene rings is 3. The fourth-order valence-corrected chi connectivity index (χ4v) is 7.77. The second-order valence-electron chi connectivity index (χ2n) is 9.78. The Labute approximate surface area is 248 Å². The van der Waals surface area contributed by atoms with Gasteiger partial charge in [-0.3, -0.25) is 9.59 Å². The molecular formula is C29H28Cl3FN2O4S. The minimum Gasteiger partial charge on any atom is -0.351 e. The van der Waals surface area contributed by atoms with Gasteiger partial charge in [0.25, 0.3) is 0 Å². The number of rotatable bonds is 9. The van der Waals surface area contributed by atoms with Crippen molar-refractivity contribution in [2.75, 3.05) is 5.75 Å². The third-order valence-electron chi connectivity index (χ3n) is 7.11. The van der Waals surface area contributed by atoms with Crippen LogP contribution >= 0.6 is 34.8 Å².